The molecule has 0 spiro atoms. The van der Waals surface area contributed by atoms with Crippen LogP contribution < -0.4 is 0 Å². The molecule has 108 valence electrons. The standard InChI is InChI=1S/C13H18N4OS2/c1-8-4-3-5-17(6-8)7-10-14-9(2)11(20-10)12-15-16-13(19)18-12/h8H,3-7H2,1-2H3,(H,16,19). The van der Waals surface area contributed by atoms with E-state index in [0.717, 1.165) is 34.6 Å². The number of piperidine rings is 1. The summed E-state index contributed by atoms with van der Waals surface area (Å²) >= 11 is 6.56. The Morgan fingerprint density at radius 2 is 2.40 bits per heavy atom. The molecule has 0 bridgehead atoms. The Kier molecular flexibility index (Phi) is 4.00. The first kappa shape index (κ1) is 13.9. The van der Waals surface area contributed by atoms with Crippen LogP contribution in [0, 0.1) is 17.7 Å². The van der Waals surface area contributed by atoms with Gasteiger partial charge in [0.15, 0.2) is 0 Å². The molecule has 3 rings (SSSR count). The quantitative estimate of drug-likeness (QED) is 0.881. The summed E-state index contributed by atoms with van der Waals surface area (Å²) in [5, 5.41) is 7.86. The highest BCUT2D eigenvalue weighted by Crippen LogP contribution is 2.29. The maximum absolute atomic E-state index is 5.38. The number of H-pyrrole nitrogens is 1. The van der Waals surface area contributed by atoms with E-state index in [1.165, 1.54) is 19.4 Å². The van der Waals surface area contributed by atoms with E-state index < -0.39 is 0 Å². The van der Waals surface area contributed by atoms with Crippen molar-refractivity contribution in [3.05, 3.63) is 15.5 Å². The zero-order chi connectivity index (χ0) is 14.1. The summed E-state index contributed by atoms with van der Waals surface area (Å²) in [6, 6.07) is 0. The molecule has 1 aliphatic rings. The van der Waals surface area contributed by atoms with Gasteiger partial charge in [-0.2, -0.15) is 0 Å². The van der Waals surface area contributed by atoms with Gasteiger partial charge < -0.3 is 4.42 Å². The van der Waals surface area contributed by atoms with E-state index in [2.05, 4.69) is 27.0 Å². The number of hydrogen-bond donors (Lipinski definition) is 1. The van der Waals surface area contributed by atoms with Crippen LogP contribution in [-0.4, -0.2) is 33.2 Å². The van der Waals surface area contributed by atoms with E-state index in [0.29, 0.717) is 10.7 Å². The van der Waals surface area contributed by atoms with Gasteiger partial charge in [-0.05, 0) is 44.4 Å². The fourth-order valence-electron chi connectivity index (χ4n) is 2.67. The highest BCUT2D eigenvalue weighted by Gasteiger charge is 2.19. The fraction of sp³-hybridized carbons (Fsp3) is 0.615. The Bertz CT molecular complexity index is 645. The van der Waals surface area contributed by atoms with E-state index in [-0.39, 0.29) is 0 Å². The maximum Gasteiger partial charge on any atom is 0.284 e. The Balaban J connectivity index is 1.77. The van der Waals surface area contributed by atoms with E-state index in [1.807, 2.05) is 6.92 Å². The molecule has 20 heavy (non-hydrogen) atoms. The monoisotopic (exact) mass is 310 g/mol. The Morgan fingerprint density at radius 1 is 1.55 bits per heavy atom. The van der Waals surface area contributed by atoms with Gasteiger partial charge in [-0.3, -0.25) is 4.90 Å². The lowest BCUT2D eigenvalue weighted by Crippen LogP contribution is -2.33. The number of thiazole rings is 1. The van der Waals surface area contributed by atoms with Crippen LogP contribution in [0.5, 0.6) is 0 Å². The molecule has 1 unspecified atom stereocenters. The number of nitrogens with zero attached hydrogens (tertiary/aromatic N) is 3. The normalized spacial score (nSPS) is 20.4. The van der Waals surface area contributed by atoms with Crippen LogP contribution in [0.25, 0.3) is 10.8 Å². The maximum atomic E-state index is 5.38. The molecule has 0 radical (unpaired) electrons. The van der Waals surface area contributed by atoms with Crippen LogP contribution in [-0.2, 0) is 6.54 Å². The van der Waals surface area contributed by atoms with Crippen LogP contribution in [0.2, 0.25) is 0 Å². The van der Waals surface area contributed by atoms with Gasteiger partial charge in [-0.1, -0.05) is 6.92 Å². The second kappa shape index (κ2) is 5.75. The Hall–Kier alpha value is -1.05. The predicted molar refractivity (Wildman–Crippen MR) is 81.2 cm³/mol. The summed E-state index contributed by atoms with van der Waals surface area (Å²) < 4.78 is 5.38. The largest absolute Gasteiger partial charge is 0.408 e. The van der Waals surface area contributed by atoms with E-state index >= 15 is 0 Å². The van der Waals surface area contributed by atoms with Crippen LogP contribution in [0.4, 0.5) is 0 Å². The number of likely N-dealkylation sites (tertiary alicyclic amines) is 1. The summed E-state index contributed by atoms with van der Waals surface area (Å²) in [5.41, 5.74) is 0.959. The lowest BCUT2D eigenvalue weighted by Gasteiger charge is -2.29. The molecule has 3 heterocycles. The molecule has 1 atom stereocenters. The molecule has 1 saturated heterocycles. The van der Waals surface area contributed by atoms with Crippen molar-refractivity contribution >= 4 is 23.6 Å². The molecule has 1 aliphatic heterocycles. The summed E-state index contributed by atoms with van der Waals surface area (Å²) in [6.07, 6.45) is 2.62. The lowest BCUT2D eigenvalue weighted by atomic mass is 10.0. The SMILES string of the molecule is Cc1nc(CN2CCCC(C)C2)sc1-c1n[nH]c(=S)o1. The van der Waals surface area contributed by atoms with Crippen molar-refractivity contribution in [1.29, 1.82) is 0 Å². The third kappa shape index (κ3) is 2.99. The van der Waals surface area contributed by atoms with Crippen molar-refractivity contribution in [3.63, 3.8) is 0 Å². The predicted octanol–water partition coefficient (Wildman–Crippen LogP) is 3.40. The minimum absolute atomic E-state index is 0.305. The molecule has 0 aliphatic carbocycles. The first-order chi connectivity index (χ1) is 9.61. The molecule has 0 aromatic carbocycles. The van der Waals surface area contributed by atoms with Gasteiger partial charge in [0.1, 0.15) is 9.88 Å². The smallest absolute Gasteiger partial charge is 0.284 e. The van der Waals surface area contributed by atoms with Gasteiger partial charge in [-0.15, -0.1) is 16.4 Å². The van der Waals surface area contributed by atoms with E-state index in [9.17, 15) is 0 Å². The molecule has 5 nitrogen and oxygen atoms in total. The third-order valence-electron chi connectivity index (χ3n) is 3.57. The van der Waals surface area contributed by atoms with Crippen molar-refractivity contribution in [2.45, 2.75) is 33.2 Å². The molecule has 0 saturated carbocycles. The average Bonchev–Trinajstić information content (AvgIpc) is 2.96. The van der Waals surface area contributed by atoms with Crippen molar-refractivity contribution in [3.8, 4) is 10.8 Å². The summed E-state index contributed by atoms with van der Waals surface area (Å²) in [5.74, 6) is 1.33. The molecule has 1 fully saturated rings. The number of aromatic amines is 1. The molecule has 7 heteroatoms. The second-order valence-electron chi connectivity index (χ2n) is 5.42. The molecule has 1 N–H and O–H groups in total. The fourth-order valence-corrected chi connectivity index (χ4v) is 3.82. The summed E-state index contributed by atoms with van der Waals surface area (Å²) in [6.45, 7) is 7.55. The Morgan fingerprint density at radius 3 is 3.10 bits per heavy atom. The van der Waals surface area contributed by atoms with Gasteiger partial charge in [0.2, 0.25) is 0 Å². The second-order valence-corrected chi connectivity index (χ2v) is 6.88. The lowest BCUT2D eigenvalue weighted by molar-refractivity contribution is 0.176. The third-order valence-corrected chi connectivity index (χ3v) is 4.88. The van der Waals surface area contributed by atoms with Gasteiger partial charge in [-0.25, -0.2) is 10.1 Å². The molecular weight excluding hydrogens is 292 g/mol. The first-order valence-electron chi connectivity index (χ1n) is 6.86. The van der Waals surface area contributed by atoms with Gasteiger partial charge in [0.25, 0.3) is 10.7 Å². The topological polar surface area (TPSA) is 58.0 Å². The number of hydrogen-bond acceptors (Lipinski definition) is 6. The number of aromatic nitrogens is 3. The molecular formula is C13H18N4OS2. The van der Waals surface area contributed by atoms with Gasteiger partial charge in [0.05, 0.1) is 12.2 Å². The average molecular weight is 310 g/mol. The van der Waals surface area contributed by atoms with Crippen LogP contribution in [0.1, 0.15) is 30.5 Å². The van der Waals surface area contributed by atoms with Crippen LogP contribution in [0.3, 0.4) is 0 Å². The molecule has 2 aromatic heterocycles. The molecule has 0 amide bonds. The zero-order valence-electron chi connectivity index (χ0n) is 11.7. The highest BCUT2D eigenvalue weighted by molar-refractivity contribution is 7.71. The van der Waals surface area contributed by atoms with Crippen molar-refractivity contribution < 1.29 is 4.42 Å². The van der Waals surface area contributed by atoms with Gasteiger partial charge >= 0.3 is 0 Å². The van der Waals surface area contributed by atoms with E-state index in [4.69, 9.17) is 16.6 Å². The Labute approximate surface area is 127 Å². The highest BCUT2D eigenvalue weighted by atomic mass is 32.1. The first-order valence-corrected chi connectivity index (χ1v) is 8.09. The summed E-state index contributed by atoms with van der Waals surface area (Å²) in [4.78, 5) is 8.40. The number of aryl methyl sites for hydroxylation is 1. The molecule has 2 aromatic rings. The van der Waals surface area contributed by atoms with Crippen molar-refractivity contribution in [2.24, 2.45) is 5.92 Å². The minimum atomic E-state index is 0.305. The van der Waals surface area contributed by atoms with Crippen molar-refractivity contribution in [1.82, 2.24) is 20.1 Å². The van der Waals surface area contributed by atoms with Crippen LogP contribution in [0.15, 0.2) is 4.42 Å². The summed E-state index contributed by atoms with van der Waals surface area (Å²) in [7, 11) is 0. The van der Waals surface area contributed by atoms with Crippen molar-refractivity contribution in [2.75, 3.05) is 13.1 Å². The minimum Gasteiger partial charge on any atom is -0.408 e. The van der Waals surface area contributed by atoms with Gasteiger partial charge in [0, 0.05) is 6.54 Å². The number of rotatable bonds is 3. The zero-order valence-corrected chi connectivity index (χ0v) is 13.3. The number of nitrogens with one attached hydrogen (secondary N) is 1. The van der Waals surface area contributed by atoms with E-state index in [1.54, 1.807) is 11.3 Å². The van der Waals surface area contributed by atoms with Crippen LogP contribution >= 0.6 is 23.6 Å².